The summed E-state index contributed by atoms with van der Waals surface area (Å²) in [4.78, 5) is 15.9. The van der Waals surface area contributed by atoms with Gasteiger partial charge in [0.1, 0.15) is 19.2 Å². The van der Waals surface area contributed by atoms with Crippen molar-refractivity contribution >= 4 is 24.2 Å². The van der Waals surface area contributed by atoms with E-state index in [1.165, 1.54) is 6.20 Å². The van der Waals surface area contributed by atoms with E-state index in [4.69, 9.17) is 13.7 Å². The molecule has 0 radical (unpaired) electrons. The van der Waals surface area contributed by atoms with Crippen molar-refractivity contribution in [2.24, 2.45) is 0 Å². The average molecular weight is 379 g/mol. The predicted octanol–water partition coefficient (Wildman–Crippen LogP) is 1.85. The van der Waals surface area contributed by atoms with Crippen molar-refractivity contribution in [3.63, 3.8) is 0 Å². The molecule has 10 heteroatoms. The highest BCUT2D eigenvalue weighted by molar-refractivity contribution is 7.85. The number of hydrogen-bond donors (Lipinski definition) is 0. The van der Waals surface area contributed by atoms with Crippen molar-refractivity contribution in [3.05, 3.63) is 17.7 Å². The zero-order valence-corrected chi connectivity index (χ0v) is 16.7. The van der Waals surface area contributed by atoms with Crippen LogP contribution in [0.4, 0.5) is 0 Å². The van der Waals surface area contributed by atoms with Gasteiger partial charge in [-0.1, -0.05) is 19.6 Å². The minimum Gasteiger partial charge on any atom is -0.461 e. The number of rotatable bonds is 10. The Morgan fingerprint density at radius 1 is 1.33 bits per heavy atom. The quantitative estimate of drug-likeness (QED) is 0.265. The van der Waals surface area contributed by atoms with Crippen LogP contribution in [0.25, 0.3) is 0 Å². The molecule has 0 N–H and O–H groups in total. The first-order valence-corrected chi connectivity index (χ1v) is 13.2. The van der Waals surface area contributed by atoms with E-state index < -0.39 is 24.2 Å². The van der Waals surface area contributed by atoms with Gasteiger partial charge in [-0.25, -0.2) is 9.78 Å². The van der Waals surface area contributed by atoms with Gasteiger partial charge in [0, 0.05) is 20.9 Å². The molecule has 0 aromatic carbocycles. The first-order chi connectivity index (χ1) is 11.0. The van der Waals surface area contributed by atoms with Crippen LogP contribution in [0, 0.1) is 0 Å². The highest BCUT2D eigenvalue weighted by Gasteiger charge is 2.17. The minimum atomic E-state index is -3.61. The number of carbonyl (C=O) groups is 1. The van der Waals surface area contributed by atoms with Crippen LogP contribution >= 0.6 is 0 Å². The minimum absolute atomic E-state index is 0.0951. The number of hydrogen-bond acceptors (Lipinski definition) is 7. The molecule has 24 heavy (non-hydrogen) atoms. The van der Waals surface area contributed by atoms with Gasteiger partial charge < -0.3 is 14.0 Å². The maximum absolute atomic E-state index is 11.8. The summed E-state index contributed by atoms with van der Waals surface area (Å²) in [5.41, 5.74) is 0.0951. The Morgan fingerprint density at radius 3 is 2.54 bits per heavy atom. The second-order valence-corrected chi connectivity index (χ2v) is 13.8. The highest BCUT2D eigenvalue weighted by Crippen LogP contribution is 2.11. The normalized spacial score (nSPS) is 12.4. The lowest BCUT2D eigenvalue weighted by Crippen LogP contribution is -2.22. The second kappa shape index (κ2) is 8.74. The third-order valence-electron chi connectivity index (χ3n) is 2.97. The van der Waals surface area contributed by atoms with Gasteiger partial charge in [-0.05, 0) is 13.0 Å². The largest absolute Gasteiger partial charge is 0.461 e. The Labute approximate surface area is 144 Å². The third kappa shape index (κ3) is 8.04. The summed E-state index contributed by atoms with van der Waals surface area (Å²) in [5, 5.41) is 0. The molecule has 0 spiro atoms. The van der Waals surface area contributed by atoms with Crippen LogP contribution in [-0.2, 0) is 37.1 Å². The summed E-state index contributed by atoms with van der Waals surface area (Å²) < 4.78 is 39.1. The van der Waals surface area contributed by atoms with Gasteiger partial charge in [0.2, 0.25) is 0 Å². The Hall–Kier alpha value is -1.23. The van der Waals surface area contributed by atoms with Gasteiger partial charge in [-0.3, -0.25) is 4.18 Å². The number of esters is 1. The van der Waals surface area contributed by atoms with E-state index in [2.05, 4.69) is 24.6 Å². The molecule has 0 saturated heterocycles. The molecule has 0 bridgehead atoms. The van der Waals surface area contributed by atoms with Crippen LogP contribution in [0.3, 0.4) is 0 Å². The summed E-state index contributed by atoms with van der Waals surface area (Å²) in [6.45, 7) is 9.16. The molecule has 1 aromatic rings. The van der Waals surface area contributed by atoms with E-state index in [0.717, 1.165) is 12.3 Å². The summed E-state index contributed by atoms with van der Waals surface area (Å²) in [6.07, 6.45) is 2.44. The number of aromatic nitrogens is 2. The fraction of sp³-hybridized carbons (Fsp3) is 0.714. The Balaban J connectivity index is 2.79. The molecule has 0 amide bonds. The van der Waals surface area contributed by atoms with Crippen LogP contribution in [0.1, 0.15) is 23.2 Å². The molecule has 1 heterocycles. The maximum Gasteiger partial charge on any atom is 0.358 e. The van der Waals surface area contributed by atoms with Crippen molar-refractivity contribution in [1.29, 1.82) is 0 Å². The van der Waals surface area contributed by atoms with Crippen LogP contribution in [0.15, 0.2) is 6.20 Å². The monoisotopic (exact) mass is 378 g/mol. The molecule has 0 aliphatic rings. The van der Waals surface area contributed by atoms with Gasteiger partial charge in [-0.2, -0.15) is 8.42 Å². The van der Waals surface area contributed by atoms with Crippen LogP contribution in [0.5, 0.6) is 0 Å². The molecule has 8 nitrogen and oxygen atoms in total. The molecular formula is C14H26N2O6SSi. The lowest BCUT2D eigenvalue weighted by atomic mass is 10.5. The van der Waals surface area contributed by atoms with E-state index >= 15 is 0 Å². The van der Waals surface area contributed by atoms with E-state index in [1.54, 1.807) is 11.5 Å². The number of ether oxygens (including phenoxy) is 2. The molecule has 0 fully saturated rings. The van der Waals surface area contributed by atoms with Gasteiger partial charge in [0.15, 0.2) is 5.69 Å². The average Bonchev–Trinajstić information content (AvgIpc) is 2.83. The number of carbonyl (C=O) groups excluding carboxylic acids is 1. The molecule has 0 saturated carbocycles. The van der Waals surface area contributed by atoms with Crippen molar-refractivity contribution in [2.75, 3.05) is 19.5 Å². The molecule has 0 aliphatic heterocycles. The molecule has 0 atom stereocenters. The SMILES string of the molecule is CCOC(=O)c1cn(COCC[Si](C)(C)C)c(COS(C)(=O)=O)n1. The maximum atomic E-state index is 11.8. The van der Waals surface area contributed by atoms with Gasteiger partial charge >= 0.3 is 5.97 Å². The zero-order chi connectivity index (χ0) is 18.4. The highest BCUT2D eigenvalue weighted by atomic mass is 32.2. The summed E-state index contributed by atoms with van der Waals surface area (Å²) in [7, 11) is -4.81. The summed E-state index contributed by atoms with van der Waals surface area (Å²) >= 11 is 0. The fourth-order valence-electron chi connectivity index (χ4n) is 1.69. The Morgan fingerprint density at radius 2 is 2.00 bits per heavy atom. The smallest absolute Gasteiger partial charge is 0.358 e. The Kier molecular flexibility index (Phi) is 7.58. The lowest BCUT2D eigenvalue weighted by Gasteiger charge is -2.16. The van der Waals surface area contributed by atoms with Crippen LogP contribution < -0.4 is 0 Å². The first-order valence-electron chi connectivity index (χ1n) is 7.67. The van der Waals surface area contributed by atoms with Crippen molar-refractivity contribution < 1.29 is 26.9 Å². The topological polar surface area (TPSA) is 96.7 Å². The standard InChI is InChI=1S/C14H26N2O6SSi/c1-6-21-14(17)12-9-16(11-20-7-8-24(3,4)5)13(15-12)10-22-23(2,18)19/h9H,6-8,10-11H2,1-5H3. The van der Waals surface area contributed by atoms with Crippen LogP contribution in [-0.4, -0.2) is 51.5 Å². The molecular weight excluding hydrogens is 352 g/mol. The number of nitrogens with zero attached hydrogens (tertiary/aromatic N) is 2. The second-order valence-electron chi connectivity index (χ2n) is 6.55. The van der Waals surface area contributed by atoms with Crippen molar-refractivity contribution in [3.8, 4) is 0 Å². The summed E-state index contributed by atoms with van der Waals surface area (Å²) in [5.74, 6) is -0.282. The first kappa shape index (κ1) is 20.8. The Bertz CT molecular complexity index is 651. The van der Waals surface area contributed by atoms with E-state index in [0.29, 0.717) is 6.61 Å². The van der Waals surface area contributed by atoms with Gasteiger partial charge in [0.05, 0.1) is 12.9 Å². The molecule has 138 valence electrons. The van der Waals surface area contributed by atoms with E-state index in [9.17, 15) is 13.2 Å². The fourth-order valence-corrected chi connectivity index (χ4v) is 2.76. The predicted molar refractivity (Wildman–Crippen MR) is 91.9 cm³/mol. The molecule has 0 aliphatic carbocycles. The van der Waals surface area contributed by atoms with E-state index in [-0.39, 0.29) is 31.5 Å². The van der Waals surface area contributed by atoms with Gasteiger partial charge in [0.25, 0.3) is 10.1 Å². The zero-order valence-electron chi connectivity index (χ0n) is 14.9. The van der Waals surface area contributed by atoms with Crippen molar-refractivity contribution in [2.45, 2.75) is 45.9 Å². The summed E-state index contributed by atoms with van der Waals surface area (Å²) in [6, 6.07) is 1.00. The molecule has 1 rings (SSSR count). The van der Waals surface area contributed by atoms with Crippen LogP contribution in [0.2, 0.25) is 25.7 Å². The molecule has 0 unspecified atom stereocenters. The van der Waals surface area contributed by atoms with Crippen molar-refractivity contribution in [1.82, 2.24) is 9.55 Å². The molecule has 1 aromatic heterocycles. The van der Waals surface area contributed by atoms with Gasteiger partial charge in [-0.15, -0.1) is 0 Å². The number of imidazole rings is 1. The third-order valence-corrected chi connectivity index (χ3v) is 5.22. The van der Waals surface area contributed by atoms with E-state index in [1.807, 2.05) is 0 Å². The lowest BCUT2D eigenvalue weighted by molar-refractivity contribution is 0.0519.